The third-order valence-corrected chi connectivity index (χ3v) is 3.78. The van der Waals surface area contributed by atoms with Gasteiger partial charge in [0.1, 0.15) is 5.75 Å². The number of nitrogens with zero attached hydrogens (tertiary/aromatic N) is 2. The third kappa shape index (κ3) is 3.78. The zero-order chi connectivity index (χ0) is 15.6. The van der Waals surface area contributed by atoms with E-state index in [-0.39, 0.29) is 5.69 Å². The lowest BCUT2D eigenvalue weighted by Gasteiger charge is -2.10. The van der Waals surface area contributed by atoms with Crippen LogP contribution in [0.15, 0.2) is 39.4 Å². The molecular weight excluding hydrogens is 408 g/mol. The highest BCUT2D eigenvalue weighted by molar-refractivity contribution is 9.11. The molecule has 0 unspecified atom stereocenters. The van der Waals surface area contributed by atoms with Crippen molar-refractivity contribution < 1.29 is 14.8 Å². The van der Waals surface area contributed by atoms with Crippen LogP contribution in [0.4, 0.5) is 5.69 Å². The molecule has 21 heavy (non-hydrogen) atoms. The van der Waals surface area contributed by atoms with E-state index in [4.69, 9.17) is 4.74 Å². The van der Waals surface area contributed by atoms with Gasteiger partial charge in [-0.3, -0.25) is 15.1 Å². The van der Waals surface area contributed by atoms with E-state index in [1.54, 1.807) is 19.1 Å². The van der Waals surface area contributed by atoms with Crippen LogP contribution in [0.1, 0.15) is 18.7 Å². The maximum absolute atomic E-state index is 10.8. The molecule has 1 N–H and O–H groups in total. The summed E-state index contributed by atoms with van der Waals surface area (Å²) < 4.78 is 6.54. The molecule has 0 fully saturated rings. The summed E-state index contributed by atoms with van der Waals surface area (Å²) in [5, 5.41) is 20.2. The normalized spacial score (nSPS) is 12.0. The van der Waals surface area contributed by atoms with Gasteiger partial charge in [-0.25, -0.2) is 0 Å². The second kappa shape index (κ2) is 6.50. The Kier molecular flexibility index (Phi) is 4.92. The molecule has 1 aromatic heterocycles. The van der Waals surface area contributed by atoms with Crippen molar-refractivity contribution in [3.05, 3.63) is 55.2 Å². The summed E-state index contributed by atoms with van der Waals surface area (Å²) in [6, 6.07) is 6.03. The lowest BCUT2D eigenvalue weighted by molar-refractivity contribution is -0.385. The van der Waals surface area contributed by atoms with Gasteiger partial charge in [-0.1, -0.05) is 0 Å². The zero-order valence-electron chi connectivity index (χ0n) is 10.8. The van der Waals surface area contributed by atoms with Crippen molar-refractivity contribution in [2.75, 3.05) is 0 Å². The van der Waals surface area contributed by atoms with E-state index in [1.807, 2.05) is 0 Å². The van der Waals surface area contributed by atoms with E-state index in [9.17, 15) is 15.2 Å². The van der Waals surface area contributed by atoms with Gasteiger partial charge in [0.15, 0.2) is 5.75 Å². The molecule has 1 heterocycles. The average molecular weight is 418 g/mol. The summed E-state index contributed by atoms with van der Waals surface area (Å²) in [6.45, 7) is 1.62. The molecule has 1 atom stereocenters. The maximum Gasteiger partial charge on any atom is 0.271 e. The molecule has 0 bridgehead atoms. The number of nitro benzene ring substituents is 1. The first-order chi connectivity index (χ1) is 9.88. The Bertz CT molecular complexity index is 651. The van der Waals surface area contributed by atoms with Crippen LogP contribution in [0.5, 0.6) is 11.5 Å². The average Bonchev–Trinajstić information content (AvgIpc) is 2.43. The number of nitro groups is 1. The molecule has 0 amide bonds. The largest absolute Gasteiger partial charge is 0.453 e. The van der Waals surface area contributed by atoms with E-state index in [0.717, 1.165) is 0 Å². The van der Waals surface area contributed by atoms with Crippen LogP contribution >= 0.6 is 31.9 Å². The van der Waals surface area contributed by atoms with Crippen LogP contribution in [0.25, 0.3) is 0 Å². The zero-order valence-corrected chi connectivity index (χ0v) is 14.0. The molecule has 0 spiro atoms. The Hall–Kier alpha value is -1.51. The Labute approximate surface area is 137 Å². The van der Waals surface area contributed by atoms with Crippen molar-refractivity contribution in [3.63, 3.8) is 0 Å². The summed E-state index contributed by atoms with van der Waals surface area (Å²) in [5.41, 5.74) is 0.479. The predicted molar refractivity (Wildman–Crippen MR) is 83.4 cm³/mol. The van der Waals surface area contributed by atoms with Gasteiger partial charge in [-0.2, -0.15) is 0 Å². The number of hydrogen-bond acceptors (Lipinski definition) is 5. The van der Waals surface area contributed by atoms with Gasteiger partial charge < -0.3 is 9.84 Å². The predicted octanol–water partition coefficient (Wildman–Crippen LogP) is 4.36. The fourth-order valence-corrected chi connectivity index (χ4v) is 2.89. The lowest BCUT2D eigenvalue weighted by atomic mass is 10.2. The monoisotopic (exact) mass is 416 g/mol. The summed E-state index contributed by atoms with van der Waals surface area (Å²) >= 11 is 6.48. The molecule has 8 heteroatoms. The number of ether oxygens (including phenoxy) is 1. The number of hydrogen-bond donors (Lipinski definition) is 1. The summed E-state index contributed by atoms with van der Waals surface area (Å²) in [4.78, 5) is 14.3. The van der Waals surface area contributed by atoms with Crippen molar-refractivity contribution in [2.45, 2.75) is 13.0 Å². The molecule has 0 aliphatic rings. The molecule has 110 valence electrons. The van der Waals surface area contributed by atoms with Crippen LogP contribution in [-0.4, -0.2) is 15.0 Å². The topological polar surface area (TPSA) is 85.5 Å². The van der Waals surface area contributed by atoms with Crippen LogP contribution in [-0.2, 0) is 0 Å². The van der Waals surface area contributed by atoms with Gasteiger partial charge in [0.2, 0.25) is 0 Å². The second-order valence-corrected chi connectivity index (χ2v) is 5.90. The SMILES string of the molecule is C[C@@H](O)c1ccc(Oc2c(Br)cc([N+](=O)[O-])cc2Br)cn1. The number of aromatic nitrogens is 1. The van der Waals surface area contributed by atoms with Crippen molar-refractivity contribution in [3.8, 4) is 11.5 Å². The van der Waals surface area contributed by atoms with Gasteiger partial charge in [-0.05, 0) is 50.9 Å². The molecule has 0 aliphatic carbocycles. The highest BCUT2D eigenvalue weighted by Gasteiger charge is 2.16. The summed E-state index contributed by atoms with van der Waals surface area (Å²) in [5.74, 6) is 0.863. The van der Waals surface area contributed by atoms with Crippen molar-refractivity contribution >= 4 is 37.5 Å². The maximum atomic E-state index is 10.8. The molecule has 0 saturated heterocycles. The smallest absolute Gasteiger partial charge is 0.271 e. The first kappa shape index (κ1) is 15.9. The standard InChI is InChI=1S/C13H10Br2N2O4/c1-7(18)12-3-2-9(6-16-12)21-13-10(14)4-8(17(19)20)5-11(13)15/h2-7,18H,1H3/t7-/m1/s1. The highest BCUT2D eigenvalue weighted by atomic mass is 79.9. The number of non-ortho nitro benzene ring substituents is 1. The molecular formula is C13H10Br2N2O4. The molecule has 2 rings (SSSR count). The van der Waals surface area contributed by atoms with E-state index in [0.29, 0.717) is 26.1 Å². The van der Waals surface area contributed by atoms with E-state index >= 15 is 0 Å². The quantitative estimate of drug-likeness (QED) is 0.589. The van der Waals surface area contributed by atoms with Crippen LogP contribution in [0, 0.1) is 10.1 Å². The van der Waals surface area contributed by atoms with Crippen molar-refractivity contribution in [1.29, 1.82) is 0 Å². The van der Waals surface area contributed by atoms with E-state index in [2.05, 4.69) is 36.8 Å². The fourth-order valence-electron chi connectivity index (χ4n) is 1.57. The number of benzene rings is 1. The Balaban J connectivity index is 2.29. The van der Waals surface area contributed by atoms with Crippen LogP contribution in [0.3, 0.4) is 0 Å². The van der Waals surface area contributed by atoms with Crippen LogP contribution in [0.2, 0.25) is 0 Å². The third-order valence-electron chi connectivity index (χ3n) is 2.60. The number of aliphatic hydroxyl groups excluding tert-OH is 1. The van der Waals surface area contributed by atoms with Gasteiger partial charge >= 0.3 is 0 Å². The highest BCUT2D eigenvalue weighted by Crippen LogP contribution is 2.39. The number of rotatable bonds is 4. The number of pyridine rings is 1. The molecule has 2 aromatic rings. The molecule has 0 saturated carbocycles. The Morgan fingerprint density at radius 2 is 1.95 bits per heavy atom. The number of aliphatic hydroxyl groups is 1. The molecule has 0 aliphatic heterocycles. The molecule has 1 aromatic carbocycles. The fraction of sp³-hybridized carbons (Fsp3) is 0.154. The van der Waals surface area contributed by atoms with Gasteiger partial charge in [0.05, 0.1) is 31.9 Å². The van der Waals surface area contributed by atoms with Crippen molar-refractivity contribution in [2.24, 2.45) is 0 Å². The Morgan fingerprint density at radius 1 is 1.33 bits per heavy atom. The number of halogens is 2. The molecule has 6 nitrogen and oxygen atoms in total. The van der Waals surface area contributed by atoms with Gasteiger partial charge in [0, 0.05) is 12.1 Å². The molecule has 0 radical (unpaired) electrons. The minimum absolute atomic E-state index is 0.0521. The van der Waals surface area contributed by atoms with Crippen LogP contribution < -0.4 is 4.74 Å². The lowest BCUT2D eigenvalue weighted by Crippen LogP contribution is -1.96. The van der Waals surface area contributed by atoms with E-state index in [1.165, 1.54) is 18.3 Å². The minimum atomic E-state index is -0.656. The van der Waals surface area contributed by atoms with Gasteiger partial charge in [0.25, 0.3) is 5.69 Å². The second-order valence-electron chi connectivity index (χ2n) is 4.19. The van der Waals surface area contributed by atoms with Gasteiger partial charge in [-0.15, -0.1) is 0 Å². The summed E-state index contributed by atoms with van der Waals surface area (Å²) in [7, 11) is 0. The Morgan fingerprint density at radius 3 is 2.38 bits per heavy atom. The first-order valence-electron chi connectivity index (χ1n) is 5.84. The summed E-state index contributed by atoms with van der Waals surface area (Å²) in [6.07, 6.45) is 0.819. The van der Waals surface area contributed by atoms with Crippen molar-refractivity contribution in [1.82, 2.24) is 4.98 Å². The minimum Gasteiger partial charge on any atom is -0.453 e. The first-order valence-corrected chi connectivity index (χ1v) is 7.42. The van der Waals surface area contributed by atoms with E-state index < -0.39 is 11.0 Å².